The number of hydrogen-bond acceptors (Lipinski definition) is 3. The summed E-state index contributed by atoms with van der Waals surface area (Å²) in [7, 11) is 0. The molecular weight excluding hydrogens is 306 g/mol. The van der Waals surface area contributed by atoms with Gasteiger partial charge in [0, 0.05) is 37.1 Å². The van der Waals surface area contributed by atoms with Gasteiger partial charge in [-0.3, -0.25) is 4.79 Å². The Kier molecular flexibility index (Phi) is 8.86. The molecule has 1 aromatic rings. The number of urea groups is 1. The van der Waals surface area contributed by atoms with E-state index in [4.69, 9.17) is 4.74 Å². The summed E-state index contributed by atoms with van der Waals surface area (Å²) in [5.41, 5.74) is 1.21. The molecule has 0 saturated carbocycles. The molecule has 0 aliphatic carbocycles. The molecule has 0 atom stereocenters. The van der Waals surface area contributed by atoms with E-state index in [2.05, 4.69) is 29.8 Å². The average Bonchev–Trinajstić information content (AvgIpc) is 2.50. The first-order valence-electron chi connectivity index (χ1n) is 8.42. The van der Waals surface area contributed by atoms with Gasteiger partial charge >= 0.3 is 6.03 Å². The molecule has 6 heteroatoms. The standard InChI is InChI=1S/C18H29N3O3/c1-13(2)12-24-11-5-10-19-18(23)21-16-8-6-15(7-9-16)17(22)20-14(3)4/h6-9,13-14H,5,10-12H2,1-4H3,(H,20,22)(H2,19,21,23). The van der Waals surface area contributed by atoms with E-state index in [9.17, 15) is 9.59 Å². The van der Waals surface area contributed by atoms with E-state index in [0.29, 0.717) is 30.3 Å². The molecule has 0 spiro atoms. The smallest absolute Gasteiger partial charge is 0.319 e. The van der Waals surface area contributed by atoms with E-state index in [1.807, 2.05) is 13.8 Å². The van der Waals surface area contributed by atoms with Crippen molar-refractivity contribution in [2.75, 3.05) is 25.1 Å². The normalized spacial score (nSPS) is 10.8. The van der Waals surface area contributed by atoms with Crippen LogP contribution < -0.4 is 16.0 Å². The molecule has 3 amide bonds. The van der Waals surface area contributed by atoms with Crippen LogP contribution in [0.15, 0.2) is 24.3 Å². The van der Waals surface area contributed by atoms with Crippen LogP contribution in [0.25, 0.3) is 0 Å². The fourth-order valence-corrected chi connectivity index (χ4v) is 1.92. The minimum absolute atomic E-state index is 0.0885. The Bertz CT molecular complexity index is 513. The van der Waals surface area contributed by atoms with Crippen LogP contribution in [0.3, 0.4) is 0 Å². The molecule has 0 radical (unpaired) electrons. The van der Waals surface area contributed by atoms with Crippen LogP contribution in [0.1, 0.15) is 44.5 Å². The molecule has 24 heavy (non-hydrogen) atoms. The van der Waals surface area contributed by atoms with Crippen molar-refractivity contribution in [1.29, 1.82) is 0 Å². The minimum Gasteiger partial charge on any atom is -0.381 e. The van der Waals surface area contributed by atoms with E-state index >= 15 is 0 Å². The number of amides is 3. The summed E-state index contributed by atoms with van der Waals surface area (Å²) in [6.45, 7) is 9.95. The highest BCUT2D eigenvalue weighted by molar-refractivity contribution is 5.95. The van der Waals surface area contributed by atoms with Crippen LogP contribution in [0.5, 0.6) is 0 Å². The number of hydrogen-bond donors (Lipinski definition) is 3. The van der Waals surface area contributed by atoms with Crippen LogP contribution in [0, 0.1) is 5.92 Å². The number of benzene rings is 1. The Balaban J connectivity index is 2.28. The first-order chi connectivity index (χ1) is 11.4. The van der Waals surface area contributed by atoms with Crippen molar-refractivity contribution in [3.8, 4) is 0 Å². The lowest BCUT2D eigenvalue weighted by molar-refractivity contribution is 0.0943. The molecule has 3 N–H and O–H groups in total. The quantitative estimate of drug-likeness (QED) is 0.607. The van der Waals surface area contributed by atoms with Crippen molar-refractivity contribution in [1.82, 2.24) is 10.6 Å². The lowest BCUT2D eigenvalue weighted by Gasteiger charge is -2.10. The van der Waals surface area contributed by atoms with Crippen molar-refractivity contribution in [2.45, 2.75) is 40.2 Å². The van der Waals surface area contributed by atoms with Crippen LogP contribution in [0.2, 0.25) is 0 Å². The van der Waals surface area contributed by atoms with Crippen molar-refractivity contribution >= 4 is 17.6 Å². The van der Waals surface area contributed by atoms with Gasteiger partial charge in [0.1, 0.15) is 0 Å². The maximum absolute atomic E-state index is 11.8. The molecular formula is C18H29N3O3. The van der Waals surface area contributed by atoms with Crippen molar-refractivity contribution in [2.24, 2.45) is 5.92 Å². The zero-order chi connectivity index (χ0) is 17.9. The third kappa shape index (κ3) is 8.53. The highest BCUT2D eigenvalue weighted by Crippen LogP contribution is 2.09. The molecule has 134 valence electrons. The van der Waals surface area contributed by atoms with Crippen LogP contribution in [-0.2, 0) is 4.74 Å². The minimum atomic E-state index is -0.266. The van der Waals surface area contributed by atoms with Crippen LogP contribution >= 0.6 is 0 Å². The van der Waals surface area contributed by atoms with Gasteiger partial charge in [-0.05, 0) is 50.5 Å². The number of rotatable bonds is 9. The second-order valence-electron chi connectivity index (χ2n) is 6.41. The van der Waals surface area contributed by atoms with Gasteiger partial charge < -0.3 is 20.7 Å². The largest absolute Gasteiger partial charge is 0.381 e. The third-order valence-corrected chi connectivity index (χ3v) is 3.03. The van der Waals surface area contributed by atoms with Gasteiger partial charge in [-0.15, -0.1) is 0 Å². The summed E-state index contributed by atoms with van der Waals surface area (Å²) in [4.78, 5) is 23.6. The number of anilines is 1. The van der Waals surface area contributed by atoms with E-state index < -0.39 is 0 Å². The van der Waals surface area contributed by atoms with Crippen molar-refractivity contribution < 1.29 is 14.3 Å². The first kappa shape index (κ1) is 20.0. The van der Waals surface area contributed by atoms with Crippen molar-refractivity contribution in [3.63, 3.8) is 0 Å². The topological polar surface area (TPSA) is 79.5 Å². The first-order valence-corrected chi connectivity index (χ1v) is 8.42. The molecule has 0 aliphatic rings. The van der Waals surface area contributed by atoms with Gasteiger partial charge in [-0.25, -0.2) is 4.79 Å². The molecule has 0 aromatic heterocycles. The molecule has 0 unspecified atom stereocenters. The Morgan fingerprint density at radius 3 is 2.33 bits per heavy atom. The second-order valence-corrected chi connectivity index (χ2v) is 6.41. The second kappa shape index (κ2) is 10.6. The summed E-state index contributed by atoms with van der Waals surface area (Å²) >= 11 is 0. The predicted octanol–water partition coefficient (Wildman–Crippen LogP) is 3.01. The average molecular weight is 335 g/mol. The monoisotopic (exact) mass is 335 g/mol. The lowest BCUT2D eigenvalue weighted by atomic mass is 10.2. The Morgan fingerprint density at radius 1 is 1.08 bits per heavy atom. The summed E-state index contributed by atoms with van der Waals surface area (Å²) in [5.74, 6) is 0.397. The summed E-state index contributed by atoms with van der Waals surface area (Å²) in [5, 5.41) is 8.33. The third-order valence-electron chi connectivity index (χ3n) is 3.03. The Labute approximate surface area is 144 Å². The van der Waals surface area contributed by atoms with Gasteiger partial charge in [-0.1, -0.05) is 13.8 Å². The summed E-state index contributed by atoms with van der Waals surface area (Å²) in [6, 6.07) is 6.62. The Morgan fingerprint density at radius 2 is 1.75 bits per heavy atom. The number of carbonyl (C=O) groups excluding carboxylic acids is 2. The number of carbonyl (C=O) groups is 2. The van der Waals surface area contributed by atoms with Crippen molar-refractivity contribution in [3.05, 3.63) is 29.8 Å². The van der Waals surface area contributed by atoms with Gasteiger partial charge in [-0.2, -0.15) is 0 Å². The molecule has 0 bridgehead atoms. The zero-order valence-corrected chi connectivity index (χ0v) is 15.0. The molecule has 0 fully saturated rings. The zero-order valence-electron chi connectivity index (χ0n) is 15.0. The fraction of sp³-hybridized carbons (Fsp3) is 0.556. The summed E-state index contributed by atoms with van der Waals surface area (Å²) < 4.78 is 5.45. The SMILES string of the molecule is CC(C)COCCCNC(=O)Nc1ccc(C(=O)NC(C)C)cc1. The molecule has 0 aliphatic heterocycles. The van der Waals surface area contributed by atoms with E-state index in [0.717, 1.165) is 13.0 Å². The molecule has 1 rings (SSSR count). The molecule has 6 nitrogen and oxygen atoms in total. The van der Waals surface area contributed by atoms with Crippen LogP contribution in [-0.4, -0.2) is 37.7 Å². The van der Waals surface area contributed by atoms with Gasteiger partial charge in [0.2, 0.25) is 0 Å². The maximum Gasteiger partial charge on any atom is 0.319 e. The number of nitrogens with one attached hydrogen (secondary N) is 3. The number of ether oxygens (including phenoxy) is 1. The predicted molar refractivity (Wildman–Crippen MR) is 96.3 cm³/mol. The summed E-state index contributed by atoms with van der Waals surface area (Å²) in [6.07, 6.45) is 0.772. The van der Waals surface area contributed by atoms with E-state index in [1.54, 1.807) is 24.3 Å². The van der Waals surface area contributed by atoms with E-state index in [-0.39, 0.29) is 18.0 Å². The molecule has 1 aromatic carbocycles. The van der Waals surface area contributed by atoms with Gasteiger partial charge in [0.05, 0.1) is 0 Å². The Hall–Kier alpha value is -2.08. The molecule has 0 saturated heterocycles. The lowest BCUT2D eigenvalue weighted by Crippen LogP contribution is -2.30. The van der Waals surface area contributed by atoms with Crippen LogP contribution in [0.4, 0.5) is 10.5 Å². The maximum atomic E-state index is 11.8. The molecule has 0 heterocycles. The van der Waals surface area contributed by atoms with E-state index in [1.165, 1.54) is 0 Å². The highest BCUT2D eigenvalue weighted by atomic mass is 16.5. The van der Waals surface area contributed by atoms with Gasteiger partial charge in [0.25, 0.3) is 5.91 Å². The highest BCUT2D eigenvalue weighted by Gasteiger charge is 2.07. The fourth-order valence-electron chi connectivity index (χ4n) is 1.92. The van der Waals surface area contributed by atoms with Gasteiger partial charge in [0.15, 0.2) is 0 Å².